The molecule has 6 heteroatoms. The molecule has 2 heterocycles. The molecule has 0 saturated heterocycles. The van der Waals surface area contributed by atoms with Gasteiger partial charge in [0.1, 0.15) is 5.69 Å². The van der Waals surface area contributed by atoms with Crippen molar-refractivity contribution in [2.24, 2.45) is 5.73 Å². The molecule has 0 aromatic carbocycles. The second-order valence-electron chi connectivity index (χ2n) is 3.05. The first-order valence-electron chi connectivity index (χ1n) is 4.46. The normalized spacial score (nSPS) is 10.6. The molecule has 0 spiro atoms. The third kappa shape index (κ3) is 1.71. The number of nitrogens with two attached hydrogens (primary N) is 1. The van der Waals surface area contributed by atoms with Crippen LogP contribution in [0.25, 0.3) is 5.69 Å². The third-order valence-electron chi connectivity index (χ3n) is 2.15. The lowest BCUT2D eigenvalue weighted by atomic mass is 10.3. The van der Waals surface area contributed by atoms with E-state index in [0.29, 0.717) is 17.4 Å². The van der Waals surface area contributed by atoms with Crippen molar-refractivity contribution in [2.45, 2.75) is 13.5 Å². The van der Waals surface area contributed by atoms with Crippen LogP contribution >= 0.6 is 11.6 Å². The minimum Gasteiger partial charge on any atom is -0.325 e. The van der Waals surface area contributed by atoms with E-state index in [2.05, 4.69) is 15.3 Å². The van der Waals surface area contributed by atoms with Crippen LogP contribution in [0.5, 0.6) is 0 Å². The summed E-state index contributed by atoms with van der Waals surface area (Å²) < 4.78 is 1.64. The number of pyridine rings is 1. The molecule has 0 aliphatic carbocycles. The van der Waals surface area contributed by atoms with Gasteiger partial charge in [0.25, 0.3) is 0 Å². The molecule has 5 nitrogen and oxygen atoms in total. The summed E-state index contributed by atoms with van der Waals surface area (Å²) in [6.07, 6.45) is 1.63. The largest absolute Gasteiger partial charge is 0.325 e. The number of hydrogen-bond acceptors (Lipinski definition) is 4. The maximum absolute atomic E-state index is 5.95. The maximum Gasteiger partial charge on any atom is 0.154 e. The van der Waals surface area contributed by atoms with Gasteiger partial charge >= 0.3 is 0 Å². The molecule has 2 rings (SSSR count). The highest BCUT2D eigenvalue weighted by Gasteiger charge is 2.11. The lowest BCUT2D eigenvalue weighted by Gasteiger charge is -2.04. The molecule has 0 radical (unpaired) electrons. The molecule has 78 valence electrons. The van der Waals surface area contributed by atoms with Crippen molar-refractivity contribution in [3.63, 3.8) is 0 Å². The lowest BCUT2D eigenvalue weighted by molar-refractivity contribution is 0.779. The van der Waals surface area contributed by atoms with Crippen molar-refractivity contribution in [3.8, 4) is 5.69 Å². The van der Waals surface area contributed by atoms with Gasteiger partial charge in [0.05, 0.1) is 11.4 Å². The zero-order valence-corrected chi connectivity index (χ0v) is 8.94. The van der Waals surface area contributed by atoms with Gasteiger partial charge in [0.2, 0.25) is 0 Å². The fourth-order valence-electron chi connectivity index (χ4n) is 1.31. The Kier molecular flexibility index (Phi) is 2.66. The first kappa shape index (κ1) is 10.1. The van der Waals surface area contributed by atoms with E-state index in [1.54, 1.807) is 16.9 Å². The zero-order valence-electron chi connectivity index (χ0n) is 8.18. The summed E-state index contributed by atoms with van der Waals surface area (Å²) in [5, 5.41) is 8.33. The topological polar surface area (TPSA) is 69.6 Å². The van der Waals surface area contributed by atoms with E-state index in [-0.39, 0.29) is 0 Å². The summed E-state index contributed by atoms with van der Waals surface area (Å²) in [5.74, 6) is 0. The molecule has 15 heavy (non-hydrogen) atoms. The summed E-state index contributed by atoms with van der Waals surface area (Å²) in [7, 11) is 0. The van der Waals surface area contributed by atoms with Crippen molar-refractivity contribution >= 4 is 11.6 Å². The molecule has 0 bridgehead atoms. The molecule has 0 fully saturated rings. The molecule has 2 aromatic heterocycles. The zero-order chi connectivity index (χ0) is 10.8. The summed E-state index contributed by atoms with van der Waals surface area (Å²) in [6, 6.07) is 3.63. The van der Waals surface area contributed by atoms with Crippen molar-refractivity contribution in [1.29, 1.82) is 0 Å². The van der Waals surface area contributed by atoms with Crippen molar-refractivity contribution < 1.29 is 0 Å². The molecule has 0 unspecified atom stereocenters. The molecule has 2 N–H and O–H groups in total. The van der Waals surface area contributed by atoms with Crippen LogP contribution in [0.2, 0.25) is 5.15 Å². The predicted octanol–water partition coefficient (Wildman–Crippen LogP) is 1.08. The Bertz CT molecular complexity index is 479. The van der Waals surface area contributed by atoms with Gasteiger partial charge in [-0.3, -0.25) is 0 Å². The smallest absolute Gasteiger partial charge is 0.154 e. The number of nitrogens with zero attached hydrogens (tertiary/aromatic N) is 4. The van der Waals surface area contributed by atoms with Crippen LogP contribution < -0.4 is 5.73 Å². The van der Waals surface area contributed by atoms with E-state index in [0.717, 1.165) is 11.4 Å². The van der Waals surface area contributed by atoms with Gasteiger partial charge in [-0.1, -0.05) is 16.8 Å². The summed E-state index contributed by atoms with van der Waals surface area (Å²) in [4.78, 5) is 3.98. The van der Waals surface area contributed by atoms with E-state index in [9.17, 15) is 0 Å². The minimum absolute atomic E-state index is 0.365. The summed E-state index contributed by atoms with van der Waals surface area (Å²) >= 11 is 5.95. The maximum atomic E-state index is 5.95. The molecule has 0 saturated carbocycles. The van der Waals surface area contributed by atoms with Crippen LogP contribution in [0.4, 0.5) is 0 Å². The van der Waals surface area contributed by atoms with Gasteiger partial charge in [-0.15, -0.1) is 5.10 Å². The van der Waals surface area contributed by atoms with Crippen LogP contribution in [-0.2, 0) is 6.54 Å². The first-order chi connectivity index (χ1) is 7.24. The van der Waals surface area contributed by atoms with Crippen molar-refractivity contribution in [2.75, 3.05) is 0 Å². The van der Waals surface area contributed by atoms with E-state index >= 15 is 0 Å². The summed E-state index contributed by atoms with van der Waals surface area (Å²) in [5.41, 5.74) is 7.87. The van der Waals surface area contributed by atoms with Crippen LogP contribution in [-0.4, -0.2) is 20.0 Å². The van der Waals surface area contributed by atoms with Gasteiger partial charge < -0.3 is 5.73 Å². The van der Waals surface area contributed by atoms with E-state index in [1.807, 2.05) is 13.0 Å². The van der Waals surface area contributed by atoms with Crippen LogP contribution in [0, 0.1) is 6.92 Å². The average molecular weight is 224 g/mol. The predicted molar refractivity (Wildman–Crippen MR) is 56.8 cm³/mol. The molecule has 0 aliphatic rings. The van der Waals surface area contributed by atoms with Crippen molar-refractivity contribution in [3.05, 3.63) is 34.9 Å². The monoisotopic (exact) mass is 223 g/mol. The molecular formula is C9H10ClN5. The Labute approximate surface area is 91.9 Å². The lowest BCUT2D eigenvalue weighted by Crippen LogP contribution is -2.03. The Morgan fingerprint density at radius 3 is 2.93 bits per heavy atom. The van der Waals surface area contributed by atoms with E-state index < -0.39 is 0 Å². The number of hydrogen-bond donors (Lipinski definition) is 1. The van der Waals surface area contributed by atoms with Crippen LogP contribution in [0.15, 0.2) is 18.3 Å². The van der Waals surface area contributed by atoms with Gasteiger partial charge in [0.15, 0.2) is 5.15 Å². The number of rotatable bonds is 2. The minimum atomic E-state index is 0.365. The second kappa shape index (κ2) is 3.96. The molecule has 0 amide bonds. The van der Waals surface area contributed by atoms with E-state index in [1.165, 1.54) is 0 Å². The SMILES string of the molecule is Cc1c(CN)nnn1-c1cccnc1Cl. The van der Waals surface area contributed by atoms with E-state index in [4.69, 9.17) is 17.3 Å². The Morgan fingerprint density at radius 1 is 1.53 bits per heavy atom. The fraction of sp³-hybridized carbons (Fsp3) is 0.222. The Hall–Kier alpha value is -1.46. The number of halogens is 1. The first-order valence-corrected chi connectivity index (χ1v) is 4.84. The molecule has 0 aliphatic heterocycles. The van der Waals surface area contributed by atoms with Gasteiger partial charge in [-0.25, -0.2) is 9.67 Å². The summed E-state index contributed by atoms with van der Waals surface area (Å²) in [6.45, 7) is 2.26. The molecule has 0 atom stereocenters. The fourth-order valence-corrected chi connectivity index (χ4v) is 1.51. The highest BCUT2D eigenvalue weighted by atomic mass is 35.5. The van der Waals surface area contributed by atoms with Crippen LogP contribution in [0.1, 0.15) is 11.4 Å². The van der Waals surface area contributed by atoms with Gasteiger partial charge in [-0.2, -0.15) is 0 Å². The Balaban J connectivity index is 2.55. The standard InChI is InChI=1S/C9H10ClN5/c1-6-7(5-11)13-14-15(6)8-3-2-4-12-9(8)10/h2-4H,5,11H2,1H3. The quantitative estimate of drug-likeness (QED) is 0.774. The molecule has 2 aromatic rings. The van der Waals surface area contributed by atoms with Crippen LogP contribution in [0.3, 0.4) is 0 Å². The van der Waals surface area contributed by atoms with Gasteiger partial charge in [0, 0.05) is 12.7 Å². The van der Waals surface area contributed by atoms with Crippen molar-refractivity contribution in [1.82, 2.24) is 20.0 Å². The van der Waals surface area contributed by atoms with Gasteiger partial charge in [-0.05, 0) is 19.1 Å². The molecular weight excluding hydrogens is 214 g/mol. The second-order valence-corrected chi connectivity index (χ2v) is 3.41. The Morgan fingerprint density at radius 2 is 2.33 bits per heavy atom. The number of aromatic nitrogens is 4. The third-order valence-corrected chi connectivity index (χ3v) is 2.44. The highest BCUT2D eigenvalue weighted by molar-refractivity contribution is 6.31. The highest BCUT2D eigenvalue weighted by Crippen LogP contribution is 2.18. The average Bonchev–Trinajstić information content (AvgIpc) is 2.60.